The first-order valence-electron chi connectivity index (χ1n) is 7.62. The fourth-order valence-corrected chi connectivity index (χ4v) is 3.42. The lowest BCUT2D eigenvalue weighted by atomic mass is 9.86. The van der Waals surface area contributed by atoms with Crippen LogP contribution in [0.4, 0.5) is 0 Å². The molecular weight excluding hydrogens is 224 g/mol. The maximum absolute atomic E-state index is 12.6. The van der Waals surface area contributed by atoms with E-state index >= 15 is 0 Å². The molecular formula is C15H28N2O. The topological polar surface area (TPSA) is 32.3 Å². The van der Waals surface area contributed by atoms with Crippen LogP contribution in [0.15, 0.2) is 0 Å². The van der Waals surface area contributed by atoms with Gasteiger partial charge in [0, 0.05) is 6.04 Å². The Hall–Kier alpha value is -0.570. The number of amides is 1. The van der Waals surface area contributed by atoms with E-state index in [1.165, 1.54) is 25.7 Å². The van der Waals surface area contributed by atoms with Crippen molar-refractivity contribution in [3.63, 3.8) is 0 Å². The smallest absolute Gasteiger partial charge is 0.241 e. The predicted molar refractivity (Wildman–Crippen MR) is 74.1 cm³/mol. The van der Waals surface area contributed by atoms with Crippen molar-refractivity contribution in [1.82, 2.24) is 10.2 Å². The zero-order valence-electron chi connectivity index (χ0n) is 12.3. The number of carbonyl (C=O) groups is 1. The van der Waals surface area contributed by atoms with Crippen LogP contribution in [-0.4, -0.2) is 29.1 Å². The lowest BCUT2D eigenvalue weighted by molar-refractivity contribution is -0.133. The second kappa shape index (κ2) is 5.60. The van der Waals surface area contributed by atoms with Crippen molar-refractivity contribution in [2.75, 3.05) is 0 Å². The zero-order chi connectivity index (χ0) is 13.3. The second-order valence-electron chi connectivity index (χ2n) is 6.47. The van der Waals surface area contributed by atoms with E-state index in [1.807, 2.05) is 0 Å². The summed E-state index contributed by atoms with van der Waals surface area (Å²) in [6.07, 6.45) is 6.21. The lowest BCUT2D eigenvalue weighted by Crippen LogP contribution is -2.45. The highest BCUT2D eigenvalue weighted by molar-refractivity contribution is 5.85. The fraction of sp³-hybridized carbons (Fsp3) is 0.933. The number of nitrogens with one attached hydrogen (secondary N) is 1. The average molecular weight is 252 g/mol. The number of rotatable bonds is 3. The van der Waals surface area contributed by atoms with Crippen molar-refractivity contribution < 1.29 is 4.79 Å². The third-order valence-electron chi connectivity index (χ3n) is 4.66. The SMILES string of the molecule is CCC1NC(C(C)C)C(=O)N1C1CCC(C)CC1. The molecule has 0 bridgehead atoms. The van der Waals surface area contributed by atoms with Gasteiger partial charge in [-0.15, -0.1) is 0 Å². The van der Waals surface area contributed by atoms with Crippen molar-refractivity contribution in [2.45, 2.75) is 78.0 Å². The first-order valence-corrected chi connectivity index (χ1v) is 7.62. The van der Waals surface area contributed by atoms with E-state index in [4.69, 9.17) is 0 Å². The molecule has 0 radical (unpaired) electrons. The van der Waals surface area contributed by atoms with Crippen LogP contribution in [0, 0.1) is 11.8 Å². The summed E-state index contributed by atoms with van der Waals surface area (Å²) in [5.74, 6) is 1.57. The predicted octanol–water partition coefficient (Wildman–Crippen LogP) is 2.76. The van der Waals surface area contributed by atoms with Crippen LogP contribution in [0.5, 0.6) is 0 Å². The molecule has 1 heterocycles. The summed E-state index contributed by atoms with van der Waals surface area (Å²) < 4.78 is 0. The molecule has 2 atom stereocenters. The Labute approximate surface area is 111 Å². The van der Waals surface area contributed by atoms with Crippen LogP contribution >= 0.6 is 0 Å². The van der Waals surface area contributed by atoms with Crippen LogP contribution in [0.1, 0.15) is 59.8 Å². The summed E-state index contributed by atoms with van der Waals surface area (Å²) in [7, 11) is 0. The van der Waals surface area contributed by atoms with E-state index < -0.39 is 0 Å². The van der Waals surface area contributed by atoms with E-state index in [-0.39, 0.29) is 12.2 Å². The molecule has 1 aliphatic carbocycles. The van der Waals surface area contributed by atoms with Crippen LogP contribution in [0.3, 0.4) is 0 Å². The quantitative estimate of drug-likeness (QED) is 0.837. The van der Waals surface area contributed by atoms with Gasteiger partial charge in [0.05, 0.1) is 12.2 Å². The van der Waals surface area contributed by atoms with Crippen molar-refractivity contribution in [3.8, 4) is 0 Å². The van der Waals surface area contributed by atoms with Crippen molar-refractivity contribution >= 4 is 5.91 Å². The Kier molecular flexibility index (Phi) is 4.31. The minimum absolute atomic E-state index is 0.0364. The summed E-state index contributed by atoms with van der Waals surface area (Å²) >= 11 is 0. The Morgan fingerprint density at radius 2 is 1.89 bits per heavy atom. The molecule has 1 aliphatic heterocycles. The van der Waals surface area contributed by atoms with Gasteiger partial charge in [0.15, 0.2) is 0 Å². The summed E-state index contributed by atoms with van der Waals surface area (Å²) in [6, 6.07) is 0.518. The maximum atomic E-state index is 12.6. The van der Waals surface area contributed by atoms with Gasteiger partial charge in [-0.05, 0) is 43.9 Å². The highest BCUT2D eigenvalue weighted by Crippen LogP contribution is 2.31. The lowest BCUT2D eigenvalue weighted by Gasteiger charge is -2.36. The Morgan fingerprint density at radius 3 is 2.39 bits per heavy atom. The normalized spacial score (nSPS) is 37.6. The Bertz CT molecular complexity index is 295. The van der Waals surface area contributed by atoms with Gasteiger partial charge in [0.2, 0.25) is 5.91 Å². The van der Waals surface area contributed by atoms with Crippen LogP contribution < -0.4 is 5.32 Å². The monoisotopic (exact) mass is 252 g/mol. The van der Waals surface area contributed by atoms with Gasteiger partial charge in [0.25, 0.3) is 0 Å². The van der Waals surface area contributed by atoms with E-state index in [0.717, 1.165) is 12.3 Å². The number of nitrogens with zero attached hydrogens (tertiary/aromatic N) is 1. The fourth-order valence-electron chi connectivity index (χ4n) is 3.42. The molecule has 3 heteroatoms. The zero-order valence-corrected chi connectivity index (χ0v) is 12.3. The summed E-state index contributed by atoms with van der Waals surface area (Å²) in [5.41, 5.74) is 0. The molecule has 104 valence electrons. The minimum atomic E-state index is 0.0364. The largest absolute Gasteiger partial charge is 0.323 e. The number of carbonyl (C=O) groups excluding carboxylic acids is 1. The third-order valence-corrected chi connectivity index (χ3v) is 4.66. The second-order valence-corrected chi connectivity index (χ2v) is 6.47. The molecule has 2 rings (SSSR count). The van der Waals surface area contributed by atoms with E-state index in [0.29, 0.717) is 17.9 Å². The molecule has 0 aromatic rings. The van der Waals surface area contributed by atoms with Gasteiger partial charge < -0.3 is 4.90 Å². The van der Waals surface area contributed by atoms with Gasteiger partial charge in [-0.3, -0.25) is 10.1 Å². The Balaban J connectivity index is 2.07. The third kappa shape index (κ3) is 2.56. The summed E-state index contributed by atoms with van der Waals surface area (Å²) in [6.45, 7) is 8.77. The molecule has 2 unspecified atom stereocenters. The highest BCUT2D eigenvalue weighted by Gasteiger charge is 2.43. The summed E-state index contributed by atoms with van der Waals surface area (Å²) in [4.78, 5) is 14.7. The molecule has 2 fully saturated rings. The van der Waals surface area contributed by atoms with Crippen molar-refractivity contribution in [2.24, 2.45) is 11.8 Å². The van der Waals surface area contributed by atoms with Crippen molar-refractivity contribution in [3.05, 3.63) is 0 Å². The maximum Gasteiger partial charge on any atom is 0.241 e. The molecule has 0 spiro atoms. The summed E-state index contributed by atoms with van der Waals surface area (Å²) in [5, 5.41) is 3.52. The van der Waals surface area contributed by atoms with Gasteiger partial charge in [0.1, 0.15) is 0 Å². The van der Waals surface area contributed by atoms with Gasteiger partial charge in [-0.25, -0.2) is 0 Å². The average Bonchev–Trinajstić information content (AvgIpc) is 2.67. The van der Waals surface area contributed by atoms with Crippen LogP contribution in [0.25, 0.3) is 0 Å². The van der Waals surface area contributed by atoms with Gasteiger partial charge in [-0.1, -0.05) is 27.7 Å². The highest BCUT2D eigenvalue weighted by atomic mass is 16.2. The standard InChI is InChI=1S/C15H28N2O/c1-5-13-16-14(10(2)3)15(18)17(13)12-8-6-11(4)7-9-12/h10-14,16H,5-9H2,1-4H3. The van der Waals surface area contributed by atoms with E-state index in [2.05, 4.69) is 37.9 Å². The number of hydrogen-bond donors (Lipinski definition) is 1. The molecule has 1 N–H and O–H groups in total. The molecule has 1 saturated carbocycles. The molecule has 0 aromatic heterocycles. The van der Waals surface area contributed by atoms with Crippen molar-refractivity contribution in [1.29, 1.82) is 0 Å². The molecule has 2 aliphatic rings. The first-order chi connectivity index (χ1) is 8.54. The molecule has 1 amide bonds. The molecule has 18 heavy (non-hydrogen) atoms. The number of hydrogen-bond acceptors (Lipinski definition) is 2. The van der Waals surface area contributed by atoms with Crippen LogP contribution in [0.2, 0.25) is 0 Å². The molecule has 0 aromatic carbocycles. The minimum Gasteiger partial charge on any atom is -0.323 e. The van der Waals surface area contributed by atoms with E-state index in [1.54, 1.807) is 0 Å². The molecule has 1 saturated heterocycles. The first kappa shape index (κ1) is 13.9. The van der Waals surface area contributed by atoms with Gasteiger partial charge >= 0.3 is 0 Å². The Morgan fingerprint density at radius 1 is 1.28 bits per heavy atom. The van der Waals surface area contributed by atoms with Gasteiger partial charge in [-0.2, -0.15) is 0 Å². The van der Waals surface area contributed by atoms with Crippen LogP contribution in [-0.2, 0) is 4.79 Å². The molecule has 3 nitrogen and oxygen atoms in total. The van der Waals surface area contributed by atoms with E-state index in [9.17, 15) is 4.79 Å².